The van der Waals surface area contributed by atoms with E-state index in [2.05, 4.69) is 19.4 Å². The van der Waals surface area contributed by atoms with Crippen LogP contribution in [0.5, 0.6) is 0 Å². The fourth-order valence-corrected chi connectivity index (χ4v) is 2.66. The number of nitrogens with one attached hydrogen (secondary N) is 1. The van der Waals surface area contributed by atoms with Crippen LogP contribution in [0.2, 0.25) is 0 Å². The normalized spacial score (nSPS) is 11.8. The number of aromatic nitrogens is 2. The van der Waals surface area contributed by atoms with Gasteiger partial charge >= 0.3 is 0 Å². The lowest BCUT2D eigenvalue weighted by atomic mass is 10.2. The highest BCUT2D eigenvalue weighted by Gasteiger charge is 2.23. The van der Waals surface area contributed by atoms with E-state index in [0.29, 0.717) is 0 Å². The highest BCUT2D eigenvalue weighted by Crippen LogP contribution is 2.21. The van der Waals surface area contributed by atoms with Gasteiger partial charge in [0.15, 0.2) is 11.6 Å². The number of aliphatic hydroxyl groups is 1. The van der Waals surface area contributed by atoms with Crippen LogP contribution in [0.25, 0.3) is 0 Å². The molecule has 0 unspecified atom stereocenters. The molecular weight excluding hydrogens is 308 g/mol. The van der Waals surface area contributed by atoms with Crippen LogP contribution in [0.4, 0.5) is 8.78 Å². The molecule has 2 aromatic rings. The van der Waals surface area contributed by atoms with Gasteiger partial charge in [-0.1, -0.05) is 5.16 Å². The monoisotopic (exact) mass is 319 g/mol. The molecule has 0 bridgehead atoms. The van der Waals surface area contributed by atoms with Crippen molar-refractivity contribution in [2.24, 2.45) is 0 Å². The van der Waals surface area contributed by atoms with Crippen molar-refractivity contribution in [1.82, 2.24) is 14.9 Å². The summed E-state index contributed by atoms with van der Waals surface area (Å²) in [6.45, 7) is 0.258. The minimum absolute atomic E-state index is 0.0703. The molecule has 0 fully saturated rings. The number of rotatable bonds is 5. The molecule has 21 heavy (non-hydrogen) atoms. The third kappa shape index (κ3) is 3.23. The first-order chi connectivity index (χ1) is 9.85. The lowest BCUT2D eigenvalue weighted by Gasteiger charge is -2.09. The molecule has 7 nitrogen and oxygen atoms in total. The van der Waals surface area contributed by atoms with E-state index >= 15 is 0 Å². The maximum Gasteiger partial charge on any atom is 0.243 e. The summed E-state index contributed by atoms with van der Waals surface area (Å²) in [5, 5.41) is 12.3. The first kappa shape index (κ1) is 15.5. The molecule has 114 valence electrons. The van der Waals surface area contributed by atoms with Crippen molar-refractivity contribution >= 4 is 10.0 Å². The molecule has 0 saturated carbocycles. The summed E-state index contributed by atoms with van der Waals surface area (Å²) in [5.41, 5.74) is -0.715. The smallest absolute Gasteiger partial charge is 0.243 e. The van der Waals surface area contributed by atoms with Crippen molar-refractivity contribution in [3.05, 3.63) is 41.0 Å². The number of aryl methyl sites for hydroxylation is 1. The maximum atomic E-state index is 13.9. The van der Waals surface area contributed by atoms with E-state index in [1.54, 1.807) is 0 Å². The standard InChI is InChI=1S/C11H11F2N3O4S/c1-6-15-10(16-20-6)4-14-21(18,19)9-3-2-8(12)7(5-17)11(9)13/h2-3,14,17H,4-5H2,1H3. The molecule has 1 heterocycles. The van der Waals surface area contributed by atoms with Gasteiger partial charge < -0.3 is 9.63 Å². The quantitative estimate of drug-likeness (QED) is 0.837. The SMILES string of the molecule is Cc1nc(CNS(=O)(=O)c2ccc(F)c(CO)c2F)no1. The molecular formula is C11H11F2N3O4S. The Labute approximate surface area is 118 Å². The van der Waals surface area contributed by atoms with E-state index in [1.165, 1.54) is 6.92 Å². The Kier molecular flexibility index (Phi) is 4.30. The summed E-state index contributed by atoms with van der Waals surface area (Å²) >= 11 is 0. The number of hydrogen-bond donors (Lipinski definition) is 2. The fraction of sp³-hybridized carbons (Fsp3) is 0.273. The second-order valence-corrected chi connectivity index (χ2v) is 5.79. The molecule has 10 heteroatoms. The van der Waals surface area contributed by atoms with Gasteiger partial charge in [-0.25, -0.2) is 21.9 Å². The molecule has 0 amide bonds. The van der Waals surface area contributed by atoms with E-state index in [1.807, 2.05) is 0 Å². The van der Waals surface area contributed by atoms with Crippen molar-refractivity contribution in [2.45, 2.75) is 25.0 Å². The van der Waals surface area contributed by atoms with Gasteiger partial charge in [0.25, 0.3) is 0 Å². The summed E-state index contributed by atoms with van der Waals surface area (Å²) in [6, 6.07) is 1.54. The van der Waals surface area contributed by atoms with Gasteiger partial charge in [0, 0.05) is 6.92 Å². The molecule has 1 aromatic carbocycles. The van der Waals surface area contributed by atoms with Crippen LogP contribution >= 0.6 is 0 Å². The number of hydrogen-bond acceptors (Lipinski definition) is 6. The van der Waals surface area contributed by atoms with Gasteiger partial charge in [-0.05, 0) is 12.1 Å². The van der Waals surface area contributed by atoms with Gasteiger partial charge in [0.2, 0.25) is 15.9 Å². The number of sulfonamides is 1. The topological polar surface area (TPSA) is 105 Å². The maximum absolute atomic E-state index is 13.9. The van der Waals surface area contributed by atoms with E-state index < -0.39 is 38.7 Å². The number of nitrogens with zero attached hydrogens (tertiary/aromatic N) is 2. The van der Waals surface area contributed by atoms with E-state index in [-0.39, 0.29) is 18.3 Å². The summed E-state index contributed by atoms with van der Waals surface area (Å²) in [4.78, 5) is 3.01. The zero-order chi connectivity index (χ0) is 15.6. The van der Waals surface area contributed by atoms with Crippen LogP contribution in [-0.4, -0.2) is 23.7 Å². The Balaban J connectivity index is 2.27. The fourth-order valence-electron chi connectivity index (χ4n) is 1.58. The van der Waals surface area contributed by atoms with E-state index in [4.69, 9.17) is 5.11 Å². The Morgan fingerprint density at radius 3 is 2.67 bits per heavy atom. The highest BCUT2D eigenvalue weighted by molar-refractivity contribution is 7.89. The first-order valence-electron chi connectivity index (χ1n) is 5.71. The minimum Gasteiger partial charge on any atom is -0.391 e. The van der Waals surface area contributed by atoms with Crippen molar-refractivity contribution in [1.29, 1.82) is 0 Å². The third-order valence-corrected chi connectivity index (χ3v) is 4.01. The number of benzene rings is 1. The van der Waals surface area contributed by atoms with Crippen LogP contribution in [0, 0.1) is 18.6 Å². The summed E-state index contributed by atoms with van der Waals surface area (Å²) < 4.78 is 57.8. The molecule has 0 aliphatic carbocycles. The predicted molar refractivity (Wildman–Crippen MR) is 65.3 cm³/mol. The van der Waals surface area contributed by atoms with Gasteiger partial charge in [0.1, 0.15) is 10.7 Å². The molecule has 0 atom stereocenters. The van der Waals surface area contributed by atoms with Crippen LogP contribution in [0.15, 0.2) is 21.6 Å². The van der Waals surface area contributed by atoms with Crippen LogP contribution < -0.4 is 4.72 Å². The van der Waals surface area contributed by atoms with Crippen LogP contribution in [0.3, 0.4) is 0 Å². The Bertz CT molecular complexity index is 761. The highest BCUT2D eigenvalue weighted by atomic mass is 32.2. The molecule has 2 N–H and O–H groups in total. The lowest BCUT2D eigenvalue weighted by Crippen LogP contribution is -2.25. The Morgan fingerprint density at radius 2 is 2.10 bits per heavy atom. The van der Waals surface area contributed by atoms with Crippen LogP contribution in [0.1, 0.15) is 17.3 Å². The van der Waals surface area contributed by atoms with Crippen LogP contribution in [-0.2, 0) is 23.2 Å². The Hall–Kier alpha value is -1.91. The van der Waals surface area contributed by atoms with Gasteiger partial charge in [-0.15, -0.1) is 0 Å². The van der Waals surface area contributed by atoms with Gasteiger partial charge in [-0.3, -0.25) is 0 Å². The average molecular weight is 319 g/mol. The largest absolute Gasteiger partial charge is 0.391 e. The Morgan fingerprint density at radius 1 is 1.38 bits per heavy atom. The summed E-state index contributed by atoms with van der Waals surface area (Å²) in [7, 11) is -4.25. The van der Waals surface area contributed by atoms with Crippen molar-refractivity contribution < 1.29 is 26.8 Å². The number of halogens is 2. The third-order valence-electron chi connectivity index (χ3n) is 2.59. The first-order valence-corrected chi connectivity index (χ1v) is 7.20. The molecule has 0 aliphatic rings. The average Bonchev–Trinajstić information content (AvgIpc) is 2.83. The predicted octanol–water partition coefficient (Wildman–Crippen LogP) is 0.627. The molecule has 0 saturated heterocycles. The van der Waals surface area contributed by atoms with Crippen molar-refractivity contribution in [3.63, 3.8) is 0 Å². The molecule has 2 rings (SSSR count). The lowest BCUT2D eigenvalue weighted by molar-refractivity contribution is 0.267. The molecule has 0 spiro atoms. The molecule has 1 aromatic heterocycles. The summed E-state index contributed by atoms with van der Waals surface area (Å²) in [6.07, 6.45) is 0. The second kappa shape index (κ2) is 5.84. The summed E-state index contributed by atoms with van der Waals surface area (Å²) in [5.74, 6) is -2.04. The molecule has 0 aliphatic heterocycles. The minimum atomic E-state index is -4.25. The zero-order valence-electron chi connectivity index (χ0n) is 10.8. The van der Waals surface area contributed by atoms with Crippen molar-refractivity contribution in [2.75, 3.05) is 0 Å². The van der Waals surface area contributed by atoms with Crippen molar-refractivity contribution in [3.8, 4) is 0 Å². The zero-order valence-corrected chi connectivity index (χ0v) is 11.6. The second-order valence-electron chi connectivity index (χ2n) is 4.05. The van der Waals surface area contributed by atoms with Gasteiger partial charge in [0.05, 0.1) is 18.7 Å². The molecule has 0 radical (unpaired) electrons. The van der Waals surface area contributed by atoms with Gasteiger partial charge in [-0.2, -0.15) is 4.98 Å². The number of aliphatic hydroxyl groups excluding tert-OH is 1. The van der Waals surface area contributed by atoms with E-state index in [0.717, 1.165) is 12.1 Å². The van der Waals surface area contributed by atoms with E-state index in [9.17, 15) is 17.2 Å².